The van der Waals surface area contributed by atoms with Gasteiger partial charge in [0.05, 0.1) is 18.7 Å². The van der Waals surface area contributed by atoms with Crippen LogP contribution in [-0.4, -0.2) is 48.5 Å². The predicted molar refractivity (Wildman–Crippen MR) is 108 cm³/mol. The minimum Gasteiger partial charge on any atom is -0.462 e. The molecule has 6 nitrogen and oxygen atoms in total. The molecule has 0 N–H and O–H groups in total. The Balaban J connectivity index is 1.69. The molecule has 0 unspecified atom stereocenters. The molecule has 0 bridgehead atoms. The van der Waals surface area contributed by atoms with E-state index in [0.717, 1.165) is 23.1 Å². The van der Waals surface area contributed by atoms with Gasteiger partial charge >= 0.3 is 12.1 Å². The Bertz CT molecular complexity index is 833. The normalized spacial score (nSPS) is 16.2. The molecule has 2 aliphatic rings. The predicted octanol–water partition coefficient (Wildman–Crippen LogP) is 3.47. The number of rotatable bonds is 4. The molecule has 6 heteroatoms. The first-order valence-electron chi connectivity index (χ1n) is 9.74. The number of benzene rings is 1. The Morgan fingerprint density at radius 2 is 2.00 bits per heavy atom. The van der Waals surface area contributed by atoms with E-state index in [1.165, 1.54) is 5.56 Å². The first-order valence-corrected chi connectivity index (χ1v) is 9.74. The molecular formula is C22H28N2O4. The van der Waals surface area contributed by atoms with Crippen molar-refractivity contribution in [1.82, 2.24) is 4.90 Å². The van der Waals surface area contributed by atoms with E-state index in [-0.39, 0.29) is 12.1 Å². The van der Waals surface area contributed by atoms with Crippen LogP contribution in [0.5, 0.6) is 0 Å². The Morgan fingerprint density at radius 1 is 1.21 bits per heavy atom. The van der Waals surface area contributed by atoms with Gasteiger partial charge in [-0.2, -0.15) is 0 Å². The monoisotopic (exact) mass is 384 g/mol. The average molecular weight is 384 g/mol. The summed E-state index contributed by atoms with van der Waals surface area (Å²) in [5.74, 6) is -0.301. The zero-order chi connectivity index (χ0) is 20.3. The van der Waals surface area contributed by atoms with Crippen LogP contribution in [0.1, 0.15) is 44.4 Å². The fourth-order valence-corrected chi connectivity index (χ4v) is 3.43. The Kier molecular flexibility index (Phi) is 5.87. The molecule has 0 atom stereocenters. The number of nitrogens with zero attached hydrogens (tertiary/aromatic N) is 2. The smallest absolute Gasteiger partial charge is 0.410 e. The van der Waals surface area contributed by atoms with Crippen LogP contribution in [-0.2, 0) is 33.7 Å². The van der Waals surface area contributed by atoms with Crippen LogP contribution in [0.3, 0.4) is 0 Å². The number of aliphatic imine (C=N–C) groups is 1. The molecule has 0 aliphatic carbocycles. The summed E-state index contributed by atoms with van der Waals surface area (Å²) in [7, 11) is 0. The van der Waals surface area contributed by atoms with Gasteiger partial charge in [0.2, 0.25) is 0 Å². The van der Waals surface area contributed by atoms with Gasteiger partial charge in [0.1, 0.15) is 5.60 Å². The molecule has 0 aromatic heterocycles. The van der Waals surface area contributed by atoms with Gasteiger partial charge in [-0.15, -0.1) is 0 Å². The number of carbonyl (C=O) groups excluding carboxylic acids is 2. The van der Waals surface area contributed by atoms with E-state index < -0.39 is 5.60 Å². The van der Waals surface area contributed by atoms with Gasteiger partial charge in [0, 0.05) is 19.3 Å². The summed E-state index contributed by atoms with van der Waals surface area (Å²) in [6.07, 6.45) is 2.82. The second kappa shape index (κ2) is 8.17. The highest BCUT2D eigenvalue weighted by Gasteiger charge is 2.26. The number of hydrogen-bond donors (Lipinski definition) is 0. The molecule has 3 rings (SSSR count). The Hall–Kier alpha value is -2.63. The van der Waals surface area contributed by atoms with Gasteiger partial charge in [-0.25, -0.2) is 9.59 Å². The molecule has 1 amide bonds. The van der Waals surface area contributed by atoms with Crippen molar-refractivity contribution in [3.8, 4) is 0 Å². The minimum absolute atomic E-state index is 0.269. The number of fused-ring (bicyclic) bond motifs is 1. The molecule has 0 radical (unpaired) electrons. The number of ether oxygens (including phenoxy) is 2. The van der Waals surface area contributed by atoms with Crippen molar-refractivity contribution >= 4 is 18.3 Å². The lowest BCUT2D eigenvalue weighted by Gasteiger charge is -2.31. The summed E-state index contributed by atoms with van der Waals surface area (Å²) in [5, 5.41) is 0. The summed E-state index contributed by atoms with van der Waals surface area (Å²) in [6.45, 7) is 9.53. The third-order valence-corrected chi connectivity index (χ3v) is 4.73. The molecular weight excluding hydrogens is 356 g/mol. The van der Waals surface area contributed by atoms with E-state index in [2.05, 4.69) is 23.2 Å². The van der Waals surface area contributed by atoms with Crippen LogP contribution in [0.25, 0.3) is 0 Å². The number of hydrogen-bond acceptors (Lipinski definition) is 5. The van der Waals surface area contributed by atoms with Crippen molar-refractivity contribution in [2.24, 2.45) is 4.99 Å². The van der Waals surface area contributed by atoms with Crippen LogP contribution in [0.4, 0.5) is 4.79 Å². The highest BCUT2D eigenvalue weighted by atomic mass is 16.6. The van der Waals surface area contributed by atoms with E-state index in [1.807, 2.05) is 20.8 Å². The lowest BCUT2D eigenvalue weighted by molar-refractivity contribution is -0.137. The van der Waals surface area contributed by atoms with Crippen molar-refractivity contribution in [1.29, 1.82) is 0 Å². The maximum Gasteiger partial charge on any atom is 0.410 e. The van der Waals surface area contributed by atoms with Gasteiger partial charge in [-0.3, -0.25) is 4.99 Å². The molecule has 150 valence electrons. The quantitative estimate of drug-likeness (QED) is 0.746. The molecule has 0 saturated heterocycles. The summed E-state index contributed by atoms with van der Waals surface area (Å²) in [6, 6.07) is 6.31. The first kappa shape index (κ1) is 20.1. The first-order chi connectivity index (χ1) is 13.3. The minimum atomic E-state index is -0.491. The van der Waals surface area contributed by atoms with Crippen molar-refractivity contribution in [2.75, 3.05) is 19.7 Å². The molecule has 0 saturated carbocycles. The summed E-state index contributed by atoms with van der Waals surface area (Å²) in [5.41, 5.74) is 4.61. The second-order valence-corrected chi connectivity index (χ2v) is 8.14. The Morgan fingerprint density at radius 3 is 2.71 bits per heavy atom. The second-order valence-electron chi connectivity index (χ2n) is 8.14. The van der Waals surface area contributed by atoms with Crippen LogP contribution in [0.2, 0.25) is 0 Å². The fourth-order valence-electron chi connectivity index (χ4n) is 3.43. The van der Waals surface area contributed by atoms with Crippen molar-refractivity contribution < 1.29 is 19.1 Å². The van der Waals surface area contributed by atoms with Gasteiger partial charge in [-0.05, 0) is 62.8 Å². The zero-order valence-electron chi connectivity index (χ0n) is 17.1. The molecule has 0 fully saturated rings. The summed E-state index contributed by atoms with van der Waals surface area (Å²) >= 11 is 0. The van der Waals surface area contributed by atoms with Crippen LogP contribution >= 0.6 is 0 Å². The lowest BCUT2D eigenvalue weighted by Crippen LogP contribution is -2.39. The number of esters is 1. The molecule has 2 aliphatic heterocycles. The molecule has 1 aromatic carbocycles. The van der Waals surface area contributed by atoms with E-state index in [4.69, 9.17) is 9.47 Å². The third kappa shape index (κ3) is 4.80. The van der Waals surface area contributed by atoms with Crippen LogP contribution < -0.4 is 0 Å². The van der Waals surface area contributed by atoms with E-state index in [9.17, 15) is 9.59 Å². The number of carbonyl (C=O) groups is 2. The standard InChI is InChI=1S/C22H28N2O4/c1-5-27-20(25)19-13-23-12-18(19)11-15-6-7-17-14-24(9-8-16(17)10-15)21(26)28-22(2,3)4/h6-7,10,13H,5,8-9,11-12,14H2,1-4H3. The highest BCUT2D eigenvalue weighted by Crippen LogP contribution is 2.25. The summed E-state index contributed by atoms with van der Waals surface area (Å²) < 4.78 is 10.6. The Labute approximate surface area is 166 Å². The van der Waals surface area contributed by atoms with Gasteiger partial charge in [-0.1, -0.05) is 18.2 Å². The van der Waals surface area contributed by atoms with E-state index >= 15 is 0 Å². The van der Waals surface area contributed by atoms with Gasteiger partial charge in [0.15, 0.2) is 0 Å². The third-order valence-electron chi connectivity index (χ3n) is 4.73. The number of amides is 1. The SMILES string of the molecule is CCOC(=O)C1=C(Cc2ccc3c(c2)CCN(C(=O)OC(C)(C)C)C3)CN=C1. The molecule has 28 heavy (non-hydrogen) atoms. The molecule has 1 aromatic rings. The van der Waals surface area contributed by atoms with Gasteiger partial charge < -0.3 is 14.4 Å². The zero-order valence-corrected chi connectivity index (χ0v) is 17.1. The van der Waals surface area contributed by atoms with E-state index in [0.29, 0.717) is 38.2 Å². The van der Waals surface area contributed by atoms with Crippen molar-refractivity contribution in [3.63, 3.8) is 0 Å². The lowest BCUT2D eigenvalue weighted by atomic mass is 9.94. The largest absolute Gasteiger partial charge is 0.462 e. The molecule has 0 spiro atoms. The highest BCUT2D eigenvalue weighted by molar-refractivity contribution is 6.11. The van der Waals surface area contributed by atoms with Crippen LogP contribution in [0, 0.1) is 0 Å². The van der Waals surface area contributed by atoms with Crippen molar-refractivity contribution in [2.45, 2.75) is 52.7 Å². The van der Waals surface area contributed by atoms with Crippen LogP contribution in [0.15, 0.2) is 34.3 Å². The summed E-state index contributed by atoms with van der Waals surface area (Å²) in [4.78, 5) is 30.4. The average Bonchev–Trinajstić information content (AvgIpc) is 3.08. The maximum absolute atomic E-state index is 12.3. The topological polar surface area (TPSA) is 68.2 Å². The van der Waals surface area contributed by atoms with Gasteiger partial charge in [0.25, 0.3) is 0 Å². The van der Waals surface area contributed by atoms with E-state index in [1.54, 1.807) is 18.0 Å². The fraction of sp³-hybridized carbons (Fsp3) is 0.500. The van der Waals surface area contributed by atoms with Crippen molar-refractivity contribution in [3.05, 3.63) is 46.0 Å². The molecule has 2 heterocycles. The maximum atomic E-state index is 12.3.